The van der Waals surface area contributed by atoms with Crippen LogP contribution in [0.2, 0.25) is 0 Å². The zero-order valence-corrected chi connectivity index (χ0v) is 9.90. The Kier molecular flexibility index (Phi) is 4.96. The van der Waals surface area contributed by atoms with Crippen molar-refractivity contribution >= 4 is 5.69 Å². The summed E-state index contributed by atoms with van der Waals surface area (Å²) >= 11 is 0. The molecule has 1 unspecified atom stereocenters. The molecule has 1 atom stereocenters. The van der Waals surface area contributed by atoms with Gasteiger partial charge in [0.15, 0.2) is 0 Å². The van der Waals surface area contributed by atoms with Crippen LogP contribution in [-0.2, 0) is 6.42 Å². The van der Waals surface area contributed by atoms with Crippen molar-refractivity contribution in [3.05, 3.63) is 39.9 Å². The lowest BCUT2D eigenvalue weighted by molar-refractivity contribution is -0.385. The van der Waals surface area contributed by atoms with Gasteiger partial charge in [0, 0.05) is 6.07 Å². The van der Waals surface area contributed by atoms with Crippen LogP contribution in [-0.4, -0.2) is 4.92 Å². The average molecular weight is 220 g/mol. The van der Waals surface area contributed by atoms with Crippen molar-refractivity contribution < 1.29 is 4.92 Å². The molecule has 1 aromatic rings. The molecule has 0 aliphatic heterocycles. The van der Waals surface area contributed by atoms with Crippen molar-refractivity contribution in [2.24, 2.45) is 5.92 Å². The fraction of sp³-hybridized carbons (Fsp3) is 0.538. The maximum Gasteiger partial charge on any atom is 0.277 e. The molecule has 87 valence electrons. The summed E-state index contributed by atoms with van der Waals surface area (Å²) in [4.78, 5) is 10.2. The molecule has 0 fully saturated rings. The van der Waals surface area contributed by atoms with Gasteiger partial charge in [0.25, 0.3) is 5.69 Å². The zero-order chi connectivity index (χ0) is 12.0. The van der Waals surface area contributed by atoms with Gasteiger partial charge in [-0.3, -0.25) is 10.1 Å². The van der Waals surface area contributed by atoms with E-state index in [1.54, 1.807) is 12.1 Å². The summed E-state index contributed by atoms with van der Waals surface area (Å²) in [6, 6.07) is 7.80. The number of hydrogen-bond acceptors (Lipinski definition) is 2. The molecule has 0 heterocycles. The minimum Gasteiger partial charge on any atom is -0.258 e. The number of nitro benzene ring substituents is 1. The lowest BCUT2D eigenvalue weighted by Gasteiger charge is -2.10. The minimum absolute atomic E-state index is 0.0696. The van der Waals surface area contributed by atoms with Crippen LogP contribution in [0.15, 0.2) is 18.2 Å². The highest BCUT2D eigenvalue weighted by molar-refractivity contribution is 5.33. The first-order valence-corrected chi connectivity index (χ1v) is 5.78. The van der Waals surface area contributed by atoms with Crippen LogP contribution in [0.3, 0.4) is 0 Å². The largest absolute Gasteiger partial charge is 0.277 e. The number of rotatable bonds is 6. The summed E-state index contributed by atoms with van der Waals surface area (Å²) in [5.74, 6) is 0.585. The third-order valence-corrected chi connectivity index (χ3v) is 2.68. The standard InChI is InChI=1S/C13H18NO2/c1-3-4-6-11(2)9-12-7-5-8-13(10-12)14(15)16/h5,7,10-11H,3-4,6,9H2,1-2H3. The maximum atomic E-state index is 10.6. The van der Waals surface area contributed by atoms with Gasteiger partial charge in [0.1, 0.15) is 0 Å². The van der Waals surface area contributed by atoms with Crippen molar-refractivity contribution in [1.82, 2.24) is 0 Å². The Bertz CT molecular complexity index is 350. The molecule has 3 heteroatoms. The van der Waals surface area contributed by atoms with Crippen molar-refractivity contribution in [1.29, 1.82) is 0 Å². The Morgan fingerprint density at radius 3 is 2.94 bits per heavy atom. The van der Waals surface area contributed by atoms with E-state index in [2.05, 4.69) is 19.9 Å². The van der Waals surface area contributed by atoms with E-state index in [0.29, 0.717) is 5.92 Å². The summed E-state index contributed by atoms with van der Waals surface area (Å²) in [5.41, 5.74) is 1.11. The number of benzene rings is 1. The fourth-order valence-corrected chi connectivity index (χ4v) is 1.79. The Labute approximate surface area is 96.6 Å². The molecular formula is C13H18NO2. The zero-order valence-electron chi connectivity index (χ0n) is 9.90. The van der Waals surface area contributed by atoms with Gasteiger partial charge in [-0.05, 0) is 24.0 Å². The van der Waals surface area contributed by atoms with Crippen LogP contribution >= 0.6 is 0 Å². The fourth-order valence-electron chi connectivity index (χ4n) is 1.79. The van der Waals surface area contributed by atoms with E-state index in [0.717, 1.165) is 12.0 Å². The van der Waals surface area contributed by atoms with Crippen molar-refractivity contribution in [3.63, 3.8) is 0 Å². The summed E-state index contributed by atoms with van der Waals surface area (Å²) in [7, 11) is 0. The molecular weight excluding hydrogens is 202 g/mol. The Morgan fingerprint density at radius 2 is 2.31 bits per heavy atom. The smallest absolute Gasteiger partial charge is 0.258 e. The summed E-state index contributed by atoms with van der Waals surface area (Å²) < 4.78 is 0. The predicted octanol–water partition coefficient (Wildman–Crippen LogP) is 3.76. The summed E-state index contributed by atoms with van der Waals surface area (Å²) in [6.45, 7) is 4.37. The van der Waals surface area contributed by atoms with E-state index in [4.69, 9.17) is 0 Å². The van der Waals surface area contributed by atoms with Gasteiger partial charge in [-0.2, -0.15) is 0 Å². The molecule has 1 aromatic carbocycles. The highest BCUT2D eigenvalue weighted by Crippen LogP contribution is 2.18. The highest BCUT2D eigenvalue weighted by atomic mass is 16.6. The Morgan fingerprint density at radius 1 is 1.56 bits per heavy atom. The molecule has 3 nitrogen and oxygen atoms in total. The minimum atomic E-state index is -0.389. The lowest BCUT2D eigenvalue weighted by atomic mass is 9.96. The van der Waals surface area contributed by atoms with Gasteiger partial charge < -0.3 is 0 Å². The van der Waals surface area contributed by atoms with Gasteiger partial charge in [-0.15, -0.1) is 0 Å². The highest BCUT2D eigenvalue weighted by Gasteiger charge is 2.08. The molecule has 0 saturated heterocycles. The number of nitro groups is 1. The van der Waals surface area contributed by atoms with Crippen LogP contribution in [0.25, 0.3) is 0 Å². The van der Waals surface area contributed by atoms with Gasteiger partial charge in [0.05, 0.1) is 11.0 Å². The van der Waals surface area contributed by atoms with E-state index in [1.165, 1.54) is 19.3 Å². The Balaban J connectivity index is 2.59. The van der Waals surface area contributed by atoms with E-state index in [1.807, 2.05) is 6.07 Å². The third-order valence-electron chi connectivity index (χ3n) is 2.68. The van der Waals surface area contributed by atoms with E-state index < -0.39 is 0 Å². The number of unbranched alkanes of at least 4 members (excludes halogenated alkanes) is 1. The predicted molar refractivity (Wildman–Crippen MR) is 64.3 cm³/mol. The van der Waals surface area contributed by atoms with Crippen LogP contribution in [0.5, 0.6) is 0 Å². The maximum absolute atomic E-state index is 10.6. The van der Waals surface area contributed by atoms with Crippen LogP contribution in [0, 0.1) is 22.1 Å². The van der Waals surface area contributed by atoms with Crippen LogP contribution in [0.1, 0.15) is 38.7 Å². The average Bonchev–Trinajstić information content (AvgIpc) is 2.26. The molecule has 0 spiro atoms. The molecule has 16 heavy (non-hydrogen) atoms. The molecule has 0 amide bonds. The molecule has 0 aliphatic carbocycles. The lowest BCUT2D eigenvalue weighted by Crippen LogP contribution is -2.00. The van der Waals surface area contributed by atoms with Crippen molar-refractivity contribution in [2.45, 2.75) is 39.5 Å². The van der Waals surface area contributed by atoms with Crippen LogP contribution in [0.4, 0.5) is 5.69 Å². The summed E-state index contributed by atoms with van der Waals surface area (Å²) in [6.07, 6.45) is 4.52. The molecule has 0 N–H and O–H groups in total. The van der Waals surface area contributed by atoms with Gasteiger partial charge in [-0.25, -0.2) is 0 Å². The Hall–Kier alpha value is -1.38. The third kappa shape index (κ3) is 4.01. The van der Waals surface area contributed by atoms with Crippen molar-refractivity contribution in [2.75, 3.05) is 0 Å². The topological polar surface area (TPSA) is 43.1 Å². The summed E-state index contributed by atoms with van der Waals surface area (Å²) in [5, 5.41) is 10.6. The van der Waals surface area contributed by atoms with E-state index in [-0.39, 0.29) is 10.6 Å². The molecule has 0 saturated carbocycles. The van der Waals surface area contributed by atoms with Crippen LogP contribution < -0.4 is 0 Å². The SMILES string of the molecule is CCCCC(C)Cc1cc[c]c([N+](=O)[O-])c1. The second-order valence-electron chi connectivity index (χ2n) is 4.29. The quantitative estimate of drug-likeness (QED) is 0.541. The van der Waals surface area contributed by atoms with Gasteiger partial charge in [0.2, 0.25) is 0 Å². The molecule has 0 bridgehead atoms. The molecule has 1 rings (SSSR count). The first kappa shape index (κ1) is 12.7. The number of hydrogen-bond donors (Lipinski definition) is 0. The monoisotopic (exact) mass is 220 g/mol. The molecule has 0 aliphatic rings. The second kappa shape index (κ2) is 6.26. The van der Waals surface area contributed by atoms with Gasteiger partial charge >= 0.3 is 0 Å². The molecule has 1 radical (unpaired) electrons. The number of nitrogens with zero attached hydrogens (tertiary/aromatic N) is 1. The second-order valence-corrected chi connectivity index (χ2v) is 4.29. The van der Waals surface area contributed by atoms with Crippen molar-refractivity contribution in [3.8, 4) is 0 Å². The first-order chi connectivity index (χ1) is 7.63. The van der Waals surface area contributed by atoms with Gasteiger partial charge in [-0.1, -0.05) is 39.2 Å². The molecule has 0 aromatic heterocycles. The van der Waals surface area contributed by atoms with E-state index >= 15 is 0 Å². The van der Waals surface area contributed by atoms with E-state index in [9.17, 15) is 10.1 Å². The first-order valence-electron chi connectivity index (χ1n) is 5.78. The number of non-ortho nitro benzene ring substituents is 1. The normalized spacial score (nSPS) is 12.4.